The molecule has 2 aromatic carbocycles. The molecule has 0 aliphatic carbocycles. The third-order valence-electron chi connectivity index (χ3n) is 5.73. The highest BCUT2D eigenvalue weighted by Gasteiger charge is 2.31. The van der Waals surface area contributed by atoms with Crippen molar-refractivity contribution in [1.82, 2.24) is 4.31 Å². The lowest BCUT2D eigenvalue weighted by molar-refractivity contribution is -0.115. The number of fused-ring (bicyclic) bond motifs is 1. The fraction of sp³-hybridized carbons (Fsp3) is 0.435. The number of nitrogens with zero attached hydrogens (tertiary/aromatic N) is 1. The van der Waals surface area contributed by atoms with Gasteiger partial charge in [0.05, 0.1) is 17.9 Å². The second kappa shape index (κ2) is 8.40. The van der Waals surface area contributed by atoms with Crippen LogP contribution in [0.15, 0.2) is 47.4 Å². The summed E-state index contributed by atoms with van der Waals surface area (Å²) in [7, 11) is -3.52. The normalized spacial score (nSPS) is 21.7. The van der Waals surface area contributed by atoms with Gasteiger partial charge in [-0.1, -0.05) is 26.0 Å². The molecular weight excluding hydrogens is 400 g/mol. The smallest absolute Gasteiger partial charge is 0.243 e. The van der Waals surface area contributed by atoms with Gasteiger partial charge in [0.25, 0.3) is 0 Å². The summed E-state index contributed by atoms with van der Waals surface area (Å²) >= 11 is 0. The van der Waals surface area contributed by atoms with Crippen LogP contribution in [0.2, 0.25) is 0 Å². The highest BCUT2D eigenvalue weighted by Crippen LogP contribution is 2.28. The van der Waals surface area contributed by atoms with Crippen molar-refractivity contribution < 1.29 is 17.9 Å². The van der Waals surface area contributed by atoms with E-state index >= 15 is 0 Å². The molecule has 6 nitrogen and oxygen atoms in total. The Hall–Kier alpha value is -2.38. The van der Waals surface area contributed by atoms with Crippen LogP contribution in [0.5, 0.6) is 5.75 Å². The first-order valence-corrected chi connectivity index (χ1v) is 11.9. The number of carbonyl (C=O) groups is 1. The van der Waals surface area contributed by atoms with Gasteiger partial charge >= 0.3 is 0 Å². The summed E-state index contributed by atoms with van der Waals surface area (Å²) in [6, 6.07) is 12.3. The zero-order chi connectivity index (χ0) is 21.3. The molecule has 160 valence electrons. The molecule has 0 spiro atoms. The number of nitrogens with one attached hydrogen (secondary N) is 1. The van der Waals surface area contributed by atoms with E-state index in [2.05, 4.69) is 19.2 Å². The van der Waals surface area contributed by atoms with Crippen molar-refractivity contribution in [2.24, 2.45) is 11.8 Å². The number of rotatable bonds is 5. The van der Waals surface area contributed by atoms with E-state index in [0.29, 0.717) is 37.2 Å². The maximum absolute atomic E-state index is 13.0. The summed E-state index contributed by atoms with van der Waals surface area (Å²) < 4.78 is 33.0. The van der Waals surface area contributed by atoms with Gasteiger partial charge in [-0.25, -0.2) is 8.42 Å². The number of hydrogen-bond donors (Lipinski definition) is 1. The molecule has 1 saturated heterocycles. The Morgan fingerprint density at radius 1 is 1.10 bits per heavy atom. The van der Waals surface area contributed by atoms with Crippen molar-refractivity contribution in [2.75, 3.05) is 25.0 Å². The van der Waals surface area contributed by atoms with Gasteiger partial charge in [0, 0.05) is 25.2 Å². The Bertz CT molecular complexity index is 1020. The second-order valence-electron chi connectivity index (χ2n) is 8.56. The maximum atomic E-state index is 13.0. The minimum Gasteiger partial charge on any atom is -0.493 e. The Morgan fingerprint density at radius 3 is 2.50 bits per heavy atom. The molecule has 4 rings (SSSR count). The van der Waals surface area contributed by atoms with Crippen LogP contribution >= 0.6 is 0 Å². The molecule has 2 aromatic rings. The van der Waals surface area contributed by atoms with Crippen LogP contribution in [0.25, 0.3) is 0 Å². The zero-order valence-corrected chi connectivity index (χ0v) is 18.2. The molecule has 30 heavy (non-hydrogen) atoms. The summed E-state index contributed by atoms with van der Waals surface area (Å²) in [4.78, 5) is 12.7. The van der Waals surface area contributed by atoms with Crippen LogP contribution in [0.1, 0.15) is 31.4 Å². The van der Waals surface area contributed by atoms with Crippen LogP contribution < -0.4 is 10.1 Å². The number of ether oxygens (including phenoxy) is 1. The van der Waals surface area contributed by atoms with Crippen molar-refractivity contribution in [3.63, 3.8) is 0 Å². The molecule has 7 heteroatoms. The van der Waals surface area contributed by atoms with E-state index in [1.165, 1.54) is 0 Å². The summed E-state index contributed by atoms with van der Waals surface area (Å²) in [5.41, 5.74) is 2.66. The molecule has 0 aromatic heterocycles. The van der Waals surface area contributed by atoms with Gasteiger partial charge in [0.1, 0.15) is 5.75 Å². The highest BCUT2D eigenvalue weighted by molar-refractivity contribution is 7.89. The average molecular weight is 429 g/mol. The van der Waals surface area contributed by atoms with Gasteiger partial charge in [-0.3, -0.25) is 4.79 Å². The first-order chi connectivity index (χ1) is 14.3. The number of piperidine rings is 1. The molecule has 0 bridgehead atoms. The van der Waals surface area contributed by atoms with Gasteiger partial charge in [0.2, 0.25) is 15.9 Å². The van der Waals surface area contributed by atoms with Crippen molar-refractivity contribution in [3.8, 4) is 5.75 Å². The van der Waals surface area contributed by atoms with E-state index in [9.17, 15) is 13.2 Å². The zero-order valence-electron chi connectivity index (χ0n) is 17.4. The van der Waals surface area contributed by atoms with E-state index in [0.717, 1.165) is 29.7 Å². The molecule has 1 N–H and O–H groups in total. The third-order valence-corrected chi connectivity index (χ3v) is 7.58. The quantitative estimate of drug-likeness (QED) is 0.791. The molecule has 1 amide bonds. The van der Waals surface area contributed by atoms with Crippen LogP contribution in [0.3, 0.4) is 0 Å². The van der Waals surface area contributed by atoms with Gasteiger partial charge in [-0.15, -0.1) is 0 Å². The fourth-order valence-electron chi connectivity index (χ4n) is 4.40. The highest BCUT2D eigenvalue weighted by atomic mass is 32.2. The first kappa shape index (κ1) is 20.9. The SMILES string of the molecule is CC1CC(C)CN(S(=O)(=O)c2ccc(NC(=O)Cc3ccc4c(c3)CCO4)cc2)C1. The lowest BCUT2D eigenvalue weighted by Crippen LogP contribution is -2.42. The number of benzene rings is 2. The lowest BCUT2D eigenvalue weighted by atomic mass is 9.94. The summed E-state index contributed by atoms with van der Waals surface area (Å²) in [5.74, 6) is 1.47. The Kier molecular flexibility index (Phi) is 5.84. The van der Waals surface area contributed by atoms with Crippen LogP contribution in [0.4, 0.5) is 5.69 Å². The maximum Gasteiger partial charge on any atom is 0.243 e. The molecular formula is C23H28N2O4S. The minimum atomic E-state index is -3.52. The molecule has 1 fully saturated rings. The number of hydrogen-bond acceptors (Lipinski definition) is 4. The first-order valence-electron chi connectivity index (χ1n) is 10.5. The van der Waals surface area contributed by atoms with Gasteiger partial charge in [-0.2, -0.15) is 4.31 Å². The monoisotopic (exact) mass is 428 g/mol. The molecule has 2 aliphatic rings. The second-order valence-corrected chi connectivity index (χ2v) is 10.5. The fourth-order valence-corrected chi connectivity index (χ4v) is 6.08. The van der Waals surface area contributed by atoms with E-state index in [-0.39, 0.29) is 17.2 Å². The van der Waals surface area contributed by atoms with Crippen molar-refractivity contribution >= 4 is 21.6 Å². The molecule has 2 unspecified atom stereocenters. The van der Waals surface area contributed by atoms with Crippen LogP contribution in [-0.2, 0) is 27.7 Å². The number of carbonyl (C=O) groups excluding carboxylic acids is 1. The van der Waals surface area contributed by atoms with E-state index in [4.69, 9.17) is 4.74 Å². The lowest BCUT2D eigenvalue weighted by Gasteiger charge is -2.34. The molecule has 2 aliphatic heterocycles. The van der Waals surface area contributed by atoms with E-state index in [1.54, 1.807) is 28.6 Å². The van der Waals surface area contributed by atoms with Crippen LogP contribution in [-0.4, -0.2) is 38.3 Å². The van der Waals surface area contributed by atoms with Gasteiger partial charge < -0.3 is 10.1 Å². The van der Waals surface area contributed by atoms with Gasteiger partial charge in [-0.05, 0) is 59.7 Å². The average Bonchev–Trinajstić information content (AvgIpc) is 3.15. The van der Waals surface area contributed by atoms with Crippen LogP contribution in [0, 0.1) is 11.8 Å². The van der Waals surface area contributed by atoms with E-state index < -0.39 is 10.0 Å². The molecule has 2 atom stereocenters. The Balaban J connectivity index is 1.40. The topological polar surface area (TPSA) is 75.7 Å². The largest absolute Gasteiger partial charge is 0.493 e. The third kappa shape index (κ3) is 4.52. The molecule has 2 heterocycles. The van der Waals surface area contributed by atoms with Crippen molar-refractivity contribution in [3.05, 3.63) is 53.6 Å². The van der Waals surface area contributed by atoms with Gasteiger partial charge in [0.15, 0.2) is 0 Å². The molecule has 0 saturated carbocycles. The number of sulfonamides is 1. The number of anilines is 1. The van der Waals surface area contributed by atoms with Crippen molar-refractivity contribution in [1.29, 1.82) is 0 Å². The Labute approximate surface area is 178 Å². The summed E-state index contributed by atoms with van der Waals surface area (Å²) in [6.45, 7) is 5.97. The van der Waals surface area contributed by atoms with E-state index in [1.807, 2.05) is 18.2 Å². The Morgan fingerprint density at radius 2 is 1.80 bits per heavy atom. The number of amides is 1. The standard InChI is InChI=1S/C23H28N2O4S/c1-16-11-17(2)15-25(14-16)30(27,28)21-6-4-20(5-7-21)24-23(26)13-18-3-8-22-19(12-18)9-10-29-22/h3-8,12,16-17H,9-11,13-15H2,1-2H3,(H,24,26). The molecule has 0 radical (unpaired) electrons. The minimum absolute atomic E-state index is 0.136. The predicted octanol–water partition coefficient (Wildman–Crippen LogP) is 3.47. The summed E-state index contributed by atoms with van der Waals surface area (Å²) in [5, 5.41) is 2.85. The van der Waals surface area contributed by atoms with Crippen molar-refractivity contribution in [2.45, 2.75) is 38.0 Å². The summed E-state index contributed by atoms with van der Waals surface area (Å²) in [6.07, 6.45) is 2.18. The predicted molar refractivity (Wildman–Crippen MR) is 116 cm³/mol.